The number of aromatic nitrogens is 4. The summed E-state index contributed by atoms with van der Waals surface area (Å²) in [5.74, 6) is -1.77. The highest BCUT2D eigenvalue weighted by Crippen LogP contribution is 2.27. The number of hydrogen-bond donors (Lipinski definition) is 5. The largest absolute Gasteiger partial charge is 0.481 e. The van der Waals surface area contributed by atoms with E-state index in [2.05, 4.69) is 25.4 Å². The van der Waals surface area contributed by atoms with Crippen LogP contribution in [0.2, 0.25) is 0 Å². The van der Waals surface area contributed by atoms with Crippen LogP contribution in [-0.4, -0.2) is 79.3 Å². The molecule has 0 aromatic carbocycles. The van der Waals surface area contributed by atoms with Crippen LogP contribution >= 0.6 is 7.95 Å². The number of carboxylic acid groups (broad SMARTS) is 2. The lowest BCUT2D eigenvalue weighted by Gasteiger charge is -2.07. The molecule has 1 saturated carbocycles. The molecule has 1 unspecified atom stereocenters. The number of nitrogens with two attached hydrogens (primary N) is 1. The molecular weight excluding hydrogens is 497 g/mol. The highest BCUT2D eigenvalue weighted by Gasteiger charge is 2.26. The molecule has 0 saturated heterocycles. The van der Waals surface area contributed by atoms with Gasteiger partial charge in [-0.3, -0.25) is 14.4 Å². The molecule has 2 aromatic heterocycles. The second kappa shape index (κ2) is 14.2. The van der Waals surface area contributed by atoms with Crippen LogP contribution in [-0.2, 0) is 35.0 Å². The fraction of sp³-hybridized carbons (Fsp3) is 0.600. The van der Waals surface area contributed by atoms with Crippen LogP contribution in [0, 0.1) is 0 Å². The van der Waals surface area contributed by atoms with Crippen molar-refractivity contribution in [3.63, 3.8) is 0 Å². The average molecular weight is 528 g/mol. The molecule has 0 bridgehead atoms. The summed E-state index contributed by atoms with van der Waals surface area (Å²) < 4.78 is 24.1. The molecule has 2 atom stereocenters. The van der Waals surface area contributed by atoms with E-state index in [4.69, 9.17) is 25.4 Å². The van der Waals surface area contributed by atoms with Crippen molar-refractivity contribution in [1.29, 1.82) is 0 Å². The van der Waals surface area contributed by atoms with Crippen LogP contribution in [0.1, 0.15) is 39.5 Å². The Morgan fingerprint density at radius 3 is 2.50 bits per heavy atom. The molecule has 0 spiro atoms. The zero-order chi connectivity index (χ0) is 26.7. The van der Waals surface area contributed by atoms with Gasteiger partial charge in [0.1, 0.15) is 6.04 Å². The number of nitrogens with one attached hydrogen (secondary N) is 2. The predicted octanol–water partition coefficient (Wildman–Crippen LogP) is 1.18. The Morgan fingerprint density at radius 1 is 1.25 bits per heavy atom. The van der Waals surface area contributed by atoms with Crippen LogP contribution in [0.5, 0.6) is 0 Å². The minimum absolute atomic E-state index is 0.0166. The molecule has 0 amide bonds. The third kappa shape index (κ3) is 10.1. The van der Waals surface area contributed by atoms with Gasteiger partial charge in [-0.2, -0.15) is 9.97 Å². The smallest absolute Gasteiger partial charge is 0.461 e. The highest BCUT2D eigenvalue weighted by atomic mass is 31.1. The number of fused-ring (bicyclic) bond motifs is 1. The number of esters is 1. The first-order chi connectivity index (χ1) is 17.1. The van der Waals surface area contributed by atoms with Gasteiger partial charge in [-0.1, -0.05) is 5.09 Å². The molecule has 2 heterocycles. The summed E-state index contributed by atoms with van der Waals surface area (Å²) in [4.78, 5) is 43.7. The van der Waals surface area contributed by atoms with Crippen LogP contribution in [0.3, 0.4) is 0 Å². The topological polar surface area (TPSA) is 221 Å². The predicted molar refractivity (Wildman–Crippen MR) is 129 cm³/mol. The summed E-state index contributed by atoms with van der Waals surface area (Å²) in [5, 5.41) is 21.8. The number of carboxylic acids is 2. The van der Waals surface area contributed by atoms with E-state index in [1.165, 1.54) is 0 Å². The summed E-state index contributed by atoms with van der Waals surface area (Å²) in [6.07, 6.45) is 3.27. The van der Waals surface area contributed by atoms with E-state index in [9.17, 15) is 18.9 Å². The Kier molecular flexibility index (Phi) is 11.4. The molecule has 0 aliphatic heterocycles. The first-order valence-electron chi connectivity index (χ1n) is 11.2. The third-order valence-corrected chi connectivity index (χ3v) is 5.71. The van der Waals surface area contributed by atoms with E-state index in [-0.39, 0.29) is 31.7 Å². The van der Waals surface area contributed by atoms with Crippen molar-refractivity contribution in [2.45, 2.75) is 58.2 Å². The second-order valence-electron chi connectivity index (χ2n) is 7.77. The number of carbonyl (C=O) groups is 3. The van der Waals surface area contributed by atoms with E-state index >= 15 is 0 Å². The molecule has 6 N–H and O–H groups in total. The van der Waals surface area contributed by atoms with Crippen LogP contribution in [0.4, 0.5) is 11.8 Å². The summed E-state index contributed by atoms with van der Waals surface area (Å²) in [6, 6.07) is -0.228. The summed E-state index contributed by atoms with van der Waals surface area (Å²) in [5.41, 5.74) is 7.10. The van der Waals surface area contributed by atoms with Gasteiger partial charge < -0.3 is 35.3 Å². The quantitative estimate of drug-likeness (QED) is 0.132. The molecule has 1 aliphatic rings. The van der Waals surface area contributed by atoms with Gasteiger partial charge in [-0.15, -0.1) is 0 Å². The highest BCUT2D eigenvalue weighted by molar-refractivity contribution is 7.42. The number of anilines is 2. The molecule has 0 radical (unpaired) electrons. The van der Waals surface area contributed by atoms with Gasteiger partial charge >= 0.3 is 25.9 Å². The Hall–Kier alpha value is -3.42. The Labute approximate surface area is 207 Å². The standard InChI is InChI=1S/C16H25N7O4P.C4H6O4/c1-3-27-15(24)10(2)22-28(25)9-26-7-6-23-8-18-12-13(19-11-4-5-11)20-16(17)21-14(12)23;5-3(6)1-2-4(7)8/h8,10-11H,3-7,9H2,1-2H3,(H,22,25)(H3,17,19,20,21);1-2H2,(H,5,6)(H,7,8)/q+1;/t10-;/m1./s1. The van der Waals surface area contributed by atoms with Crippen molar-refractivity contribution < 1.29 is 38.6 Å². The minimum atomic E-state index is -1.88. The SMILES string of the molecule is CCOC(=O)[C@@H](C)N[P+](=O)COCCn1cnc2c(NC3CC3)nc(N)nc21.O=C(O)CCC(=O)O. The van der Waals surface area contributed by atoms with E-state index in [1.807, 2.05) is 4.57 Å². The zero-order valence-electron chi connectivity index (χ0n) is 20.0. The summed E-state index contributed by atoms with van der Waals surface area (Å²) >= 11 is 0. The van der Waals surface area contributed by atoms with Crippen molar-refractivity contribution in [3.05, 3.63) is 6.33 Å². The molecule has 198 valence electrons. The fourth-order valence-corrected chi connectivity index (χ4v) is 3.65. The van der Waals surface area contributed by atoms with Crippen molar-refractivity contribution in [1.82, 2.24) is 24.6 Å². The number of hydrogen-bond acceptors (Lipinski definition) is 11. The second-order valence-corrected chi connectivity index (χ2v) is 9.04. The van der Waals surface area contributed by atoms with Gasteiger partial charge in [0, 0.05) is 12.6 Å². The van der Waals surface area contributed by atoms with Crippen molar-refractivity contribution in [2.75, 3.05) is 30.6 Å². The number of aliphatic carboxylic acids is 2. The molecule has 1 aliphatic carbocycles. The number of nitrogen functional groups attached to an aromatic ring is 1. The molecule has 1 fully saturated rings. The molecule has 16 heteroatoms. The molecular formula is C20H31N7O8P+. The van der Waals surface area contributed by atoms with E-state index in [0.717, 1.165) is 12.8 Å². The van der Waals surface area contributed by atoms with Crippen LogP contribution in [0.25, 0.3) is 11.2 Å². The number of nitrogens with zero attached hydrogens (tertiary/aromatic N) is 4. The molecule has 36 heavy (non-hydrogen) atoms. The first-order valence-corrected chi connectivity index (χ1v) is 12.7. The van der Waals surface area contributed by atoms with Crippen molar-refractivity contribution in [3.8, 4) is 0 Å². The van der Waals surface area contributed by atoms with Crippen molar-refractivity contribution in [2.24, 2.45) is 0 Å². The Morgan fingerprint density at radius 2 is 1.92 bits per heavy atom. The van der Waals surface area contributed by atoms with E-state index in [1.54, 1.807) is 20.2 Å². The number of imidazole rings is 1. The number of ether oxygens (including phenoxy) is 2. The first kappa shape index (κ1) is 28.8. The lowest BCUT2D eigenvalue weighted by molar-refractivity contribution is -0.144. The van der Waals surface area contributed by atoms with Gasteiger partial charge in [0.05, 0.1) is 32.4 Å². The van der Waals surface area contributed by atoms with E-state index < -0.39 is 31.9 Å². The van der Waals surface area contributed by atoms with Gasteiger partial charge in [-0.25, -0.2) is 4.98 Å². The maximum absolute atomic E-state index is 12.0. The molecule has 3 rings (SSSR count). The average Bonchev–Trinajstić information content (AvgIpc) is 3.53. The third-order valence-electron chi connectivity index (χ3n) is 4.61. The normalized spacial score (nSPS) is 13.9. The van der Waals surface area contributed by atoms with Crippen LogP contribution < -0.4 is 16.1 Å². The van der Waals surface area contributed by atoms with Crippen LogP contribution in [0.15, 0.2) is 6.33 Å². The molecule has 15 nitrogen and oxygen atoms in total. The van der Waals surface area contributed by atoms with Crippen molar-refractivity contribution >= 4 is 48.8 Å². The minimum Gasteiger partial charge on any atom is -0.481 e. The molecule has 2 aromatic rings. The summed E-state index contributed by atoms with van der Waals surface area (Å²) in [7, 11) is -1.88. The van der Waals surface area contributed by atoms with Gasteiger partial charge in [0.15, 0.2) is 17.0 Å². The van der Waals surface area contributed by atoms with Gasteiger partial charge in [0.25, 0.3) is 6.35 Å². The van der Waals surface area contributed by atoms with Gasteiger partial charge in [-0.05, 0) is 31.3 Å². The lowest BCUT2D eigenvalue weighted by Crippen LogP contribution is -2.31. The lowest BCUT2D eigenvalue weighted by atomic mass is 10.3. The number of rotatable bonds is 14. The number of carbonyl (C=O) groups excluding carboxylic acids is 1. The monoisotopic (exact) mass is 528 g/mol. The fourth-order valence-electron chi connectivity index (χ4n) is 2.74. The Balaban J connectivity index is 0.000000493. The maximum atomic E-state index is 12.0. The maximum Gasteiger partial charge on any atom is 0.461 e. The zero-order valence-corrected chi connectivity index (χ0v) is 20.9. The summed E-state index contributed by atoms with van der Waals surface area (Å²) in [6.45, 7) is 4.37. The Bertz CT molecular complexity index is 1060. The van der Waals surface area contributed by atoms with Gasteiger partial charge in [0.2, 0.25) is 5.95 Å². The van der Waals surface area contributed by atoms with E-state index in [0.29, 0.717) is 36.2 Å².